The van der Waals surface area contributed by atoms with E-state index in [1.165, 1.54) is 7.11 Å². The predicted octanol–water partition coefficient (Wildman–Crippen LogP) is 3.08. The molecule has 1 aromatic rings. The van der Waals surface area contributed by atoms with Gasteiger partial charge in [-0.25, -0.2) is 13.6 Å². The highest BCUT2D eigenvalue weighted by molar-refractivity contribution is 5.74. The van der Waals surface area contributed by atoms with Gasteiger partial charge in [-0.3, -0.25) is 0 Å². The highest BCUT2D eigenvalue weighted by atomic mass is 19.1. The highest BCUT2D eigenvalue weighted by Crippen LogP contribution is 2.19. The second kappa shape index (κ2) is 6.93. The third-order valence-electron chi connectivity index (χ3n) is 2.40. The van der Waals surface area contributed by atoms with Crippen LogP contribution < -0.4 is 4.74 Å². The molecule has 1 rings (SSSR count). The lowest BCUT2D eigenvalue weighted by Crippen LogP contribution is -2.28. The first-order chi connectivity index (χ1) is 8.56. The molecular weight excluding hydrogens is 242 g/mol. The number of unbranched alkanes of at least 4 members (excludes halogenated alkanes) is 1. The van der Waals surface area contributed by atoms with E-state index in [-0.39, 0.29) is 5.75 Å². The van der Waals surface area contributed by atoms with Crippen LogP contribution in [0.15, 0.2) is 18.2 Å². The zero-order valence-corrected chi connectivity index (χ0v) is 10.4. The lowest BCUT2D eigenvalue weighted by Gasteiger charge is -2.16. The summed E-state index contributed by atoms with van der Waals surface area (Å²) in [5.41, 5.74) is 0. The van der Waals surface area contributed by atoms with Crippen molar-refractivity contribution in [1.82, 2.24) is 0 Å². The van der Waals surface area contributed by atoms with E-state index >= 15 is 0 Å². The number of esters is 1. The van der Waals surface area contributed by atoms with Crippen molar-refractivity contribution in [1.29, 1.82) is 0 Å². The molecule has 0 saturated carbocycles. The van der Waals surface area contributed by atoms with Crippen LogP contribution in [-0.2, 0) is 9.53 Å². The fourth-order valence-electron chi connectivity index (χ4n) is 1.51. The Morgan fingerprint density at radius 2 is 1.89 bits per heavy atom. The molecule has 1 unspecified atom stereocenters. The van der Waals surface area contributed by atoms with E-state index in [0.717, 1.165) is 31.0 Å². The largest absolute Gasteiger partial charge is 0.479 e. The third kappa shape index (κ3) is 4.31. The first kappa shape index (κ1) is 14.4. The van der Waals surface area contributed by atoms with E-state index < -0.39 is 23.7 Å². The van der Waals surface area contributed by atoms with E-state index in [1.807, 2.05) is 6.92 Å². The molecule has 1 aromatic carbocycles. The fourth-order valence-corrected chi connectivity index (χ4v) is 1.51. The third-order valence-corrected chi connectivity index (χ3v) is 2.40. The summed E-state index contributed by atoms with van der Waals surface area (Å²) < 4.78 is 35.8. The van der Waals surface area contributed by atoms with Crippen molar-refractivity contribution in [2.24, 2.45) is 0 Å². The number of halogens is 2. The summed E-state index contributed by atoms with van der Waals surface area (Å²) in [5.74, 6) is -2.06. The molecule has 0 aromatic heterocycles. The zero-order valence-electron chi connectivity index (χ0n) is 10.4. The van der Waals surface area contributed by atoms with Gasteiger partial charge in [-0.1, -0.05) is 13.3 Å². The lowest BCUT2D eigenvalue weighted by atomic mass is 10.1. The minimum absolute atomic E-state index is 0.0148. The Morgan fingerprint density at radius 3 is 2.39 bits per heavy atom. The van der Waals surface area contributed by atoms with Crippen LogP contribution in [0.25, 0.3) is 0 Å². The van der Waals surface area contributed by atoms with E-state index in [9.17, 15) is 13.6 Å². The summed E-state index contributed by atoms with van der Waals surface area (Å²) in [6.45, 7) is 1.97. The van der Waals surface area contributed by atoms with Gasteiger partial charge in [-0.15, -0.1) is 0 Å². The Hall–Kier alpha value is -1.65. The first-order valence-electron chi connectivity index (χ1n) is 5.77. The normalized spacial score (nSPS) is 12.0. The number of hydrogen-bond donors (Lipinski definition) is 0. The molecular formula is C13H16F2O3. The van der Waals surface area contributed by atoms with Crippen molar-refractivity contribution in [2.45, 2.75) is 32.3 Å². The molecule has 0 aliphatic carbocycles. The summed E-state index contributed by atoms with van der Waals surface area (Å²) in [4.78, 5) is 11.5. The molecule has 0 amide bonds. The molecule has 0 radical (unpaired) electrons. The van der Waals surface area contributed by atoms with Gasteiger partial charge in [0.2, 0.25) is 0 Å². The summed E-state index contributed by atoms with van der Waals surface area (Å²) in [6, 6.07) is 2.81. The van der Waals surface area contributed by atoms with E-state index in [0.29, 0.717) is 6.42 Å². The van der Waals surface area contributed by atoms with Crippen LogP contribution in [0.2, 0.25) is 0 Å². The van der Waals surface area contributed by atoms with Gasteiger partial charge in [0.15, 0.2) is 6.10 Å². The Balaban J connectivity index is 2.78. The van der Waals surface area contributed by atoms with Crippen LogP contribution in [0.5, 0.6) is 5.75 Å². The van der Waals surface area contributed by atoms with Gasteiger partial charge >= 0.3 is 5.97 Å². The standard InChI is InChI=1S/C13H16F2O3/c1-3-4-5-12(13(16)17-2)18-11-7-9(14)6-10(15)8-11/h6-8,12H,3-5H2,1-2H3. The first-order valence-corrected chi connectivity index (χ1v) is 5.77. The molecule has 100 valence electrons. The van der Waals surface area contributed by atoms with Gasteiger partial charge in [0, 0.05) is 18.2 Å². The molecule has 0 fully saturated rings. The summed E-state index contributed by atoms with van der Waals surface area (Å²) in [7, 11) is 1.25. The van der Waals surface area contributed by atoms with Crippen LogP contribution >= 0.6 is 0 Å². The second-order valence-electron chi connectivity index (χ2n) is 3.88. The van der Waals surface area contributed by atoms with Crippen LogP contribution in [0, 0.1) is 11.6 Å². The predicted molar refractivity (Wildman–Crippen MR) is 62.3 cm³/mol. The molecule has 0 N–H and O–H groups in total. The molecule has 0 aliphatic rings. The SMILES string of the molecule is CCCCC(Oc1cc(F)cc(F)c1)C(=O)OC. The molecule has 0 saturated heterocycles. The molecule has 18 heavy (non-hydrogen) atoms. The monoisotopic (exact) mass is 258 g/mol. The number of methoxy groups -OCH3 is 1. The van der Waals surface area contributed by atoms with Gasteiger partial charge in [-0.05, 0) is 12.8 Å². The van der Waals surface area contributed by atoms with Crippen molar-refractivity contribution in [3.63, 3.8) is 0 Å². The maximum atomic E-state index is 13.0. The minimum atomic E-state index is -0.837. The van der Waals surface area contributed by atoms with Crippen LogP contribution in [0.1, 0.15) is 26.2 Å². The van der Waals surface area contributed by atoms with Crippen molar-refractivity contribution >= 4 is 5.97 Å². The average Bonchev–Trinajstić information content (AvgIpc) is 2.32. The maximum Gasteiger partial charge on any atom is 0.347 e. The molecule has 0 heterocycles. The summed E-state index contributed by atoms with van der Waals surface area (Å²) in [6.07, 6.45) is 1.25. The molecule has 0 bridgehead atoms. The molecule has 0 aliphatic heterocycles. The molecule has 5 heteroatoms. The number of ether oxygens (including phenoxy) is 2. The van der Waals surface area contributed by atoms with Crippen LogP contribution in [0.3, 0.4) is 0 Å². The number of hydrogen-bond acceptors (Lipinski definition) is 3. The number of carbonyl (C=O) groups excluding carboxylic acids is 1. The van der Waals surface area contributed by atoms with Gasteiger partial charge in [0.25, 0.3) is 0 Å². The quantitative estimate of drug-likeness (QED) is 0.735. The van der Waals surface area contributed by atoms with Gasteiger partial charge in [0.1, 0.15) is 17.4 Å². The Kier molecular flexibility index (Phi) is 5.55. The molecule has 3 nitrogen and oxygen atoms in total. The topological polar surface area (TPSA) is 35.5 Å². The van der Waals surface area contributed by atoms with Crippen molar-refractivity contribution in [3.05, 3.63) is 29.8 Å². The van der Waals surface area contributed by atoms with Crippen molar-refractivity contribution in [3.8, 4) is 5.75 Å². The Bertz CT molecular complexity index is 387. The van der Waals surface area contributed by atoms with Gasteiger partial charge in [-0.2, -0.15) is 0 Å². The zero-order chi connectivity index (χ0) is 13.5. The summed E-state index contributed by atoms with van der Waals surface area (Å²) in [5, 5.41) is 0. The van der Waals surface area contributed by atoms with Gasteiger partial charge in [0.05, 0.1) is 7.11 Å². The molecule has 1 atom stereocenters. The van der Waals surface area contributed by atoms with Crippen LogP contribution in [-0.4, -0.2) is 19.2 Å². The van der Waals surface area contributed by atoms with E-state index in [2.05, 4.69) is 4.74 Å². The Morgan fingerprint density at radius 1 is 1.28 bits per heavy atom. The number of rotatable bonds is 6. The lowest BCUT2D eigenvalue weighted by molar-refractivity contribution is -0.149. The van der Waals surface area contributed by atoms with E-state index in [4.69, 9.17) is 4.74 Å². The van der Waals surface area contributed by atoms with Crippen molar-refractivity contribution < 1.29 is 23.0 Å². The average molecular weight is 258 g/mol. The number of benzene rings is 1. The second-order valence-corrected chi connectivity index (χ2v) is 3.88. The number of carbonyl (C=O) groups is 1. The maximum absolute atomic E-state index is 13.0. The minimum Gasteiger partial charge on any atom is -0.479 e. The van der Waals surface area contributed by atoms with Crippen molar-refractivity contribution in [2.75, 3.05) is 7.11 Å². The summed E-state index contributed by atoms with van der Waals surface area (Å²) >= 11 is 0. The highest BCUT2D eigenvalue weighted by Gasteiger charge is 2.21. The van der Waals surface area contributed by atoms with E-state index in [1.54, 1.807) is 0 Å². The molecule has 0 spiro atoms. The fraction of sp³-hybridized carbons (Fsp3) is 0.462. The Labute approximate surface area is 105 Å². The van der Waals surface area contributed by atoms with Crippen LogP contribution in [0.4, 0.5) is 8.78 Å². The smallest absolute Gasteiger partial charge is 0.347 e. The van der Waals surface area contributed by atoms with Gasteiger partial charge < -0.3 is 9.47 Å².